The lowest BCUT2D eigenvalue weighted by atomic mass is 9.92. The van der Waals surface area contributed by atoms with Crippen LogP contribution in [0.25, 0.3) is 0 Å². The zero-order chi connectivity index (χ0) is 14.7. The van der Waals surface area contributed by atoms with Crippen LogP contribution in [0.4, 0.5) is 0 Å². The molecule has 1 amide bonds. The molecule has 2 heterocycles. The largest absolute Gasteiger partial charge is 0.395 e. The molecule has 1 aromatic rings. The summed E-state index contributed by atoms with van der Waals surface area (Å²) in [6.07, 6.45) is 6.64. The van der Waals surface area contributed by atoms with Gasteiger partial charge in [-0.25, -0.2) is 0 Å². The van der Waals surface area contributed by atoms with Crippen molar-refractivity contribution in [1.82, 2.24) is 4.90 Å². The third-order valence-electron chi connectivity index (χ3n) is 4.52. The van der Waals surface area contributed by atoms with E-state index in [1.54, 1.807) is 0 Å². The Morgan fingerprint density at radius 2 is 2.19 bits per heavy atom. The summed E-state index contributed by atoms with van der Waals surface area (Å²) in [6.45, 7) is 0.991. The van der Waals surface area contributed by atoms with Gasteiger partial charge in [-0.3, -0.25) is 4.79 Å². The van der Waals surface area contributed by atoms with Crippen molar-refractivity contribution in [2.24, 2.45) is 5.92 Å². The zero-order valence-electron chi connectivity index (χ0n) is 12.2. The van der Waals surface area contributed by atoms with Gasteiger partial charge in [0.1, 0.15) is 0 Å². The van der Waals surface area contributed by atoms with E-state index in [9.17, 15) is 4.79 Å². The number of aliphatic hydroxyl groups is 1. The molecule has 1 saturated carbocycles. The van der Waals surface area contributed by atoms with Crippen LogP contribution in [0.3, 0.4) is 0 Å². The highest BCUT2D eigenvalue weighted by Crippen LogP contribution is 2.37. The van der Waals surface area contributed by atoms with E-state index in [0.717, 1.165) is 28.6 Å². The van der Waals surface area contributed by atoms with Crippen molar-refractivity contribution in [3.8, 4) is 11.8 Å². The van der Waals surface area contributed by atoms with Crippen molar-refractivity contribution in [1.29, 1.82) is 0 Å². The van der Waals surface area contributed by atoms with Crippen LogP contribution in [0.15, 0.2) is 12.1 Å². The van der Waals surface area contributed by atoms with E-state index in [-0.39, 0.29) is 12.5 Å². The molecule has 21 heavy (non-hydrogen) atoms. The van der Waals surface area contributed by atoms with Gasteiger partial charge in [0.15, 0.2) is 0 Å². The van der Waals surface area contributed by atoms with Crippen LogP contribution in [0, 0.1) is 17.8 Å². The van der Waals surface area contributed by atoms with Gasteiger partial charge in [0, 0.05) is 19.0 Å². The molecule has 3 nitrogen and oxygen atoms in total. The van der Waals surface area contributed by atoms with Crippen molar-refractivity contribution in [3.63, 3.8) is 0 Å². The third kappa shape index (κ3) is 3.14. The lowest BCUT2D eigenvalue weighted by Crippen LogP contribution is -2.45. The minimum atomic E-state index is 0.0843. The summed E-state index contributed by atoms with van der Waals surface area (Å²) >= 11 is 1.47. The number of hydrogen-bond acceptors (Lipinski definition) is 3. The van der Waals surface area contributed by atoms with Crippen LogP contribution in [-0.2, 0) is 0 Å². The second-order valence-corrected chi connectivity index (χ2v) is 6.92. The van der Waals surface area contributed by atoms with E-state index in [1.165, 1.54) is 37.0 Å². The number of carbonyl (C=O) groups excluding carboxylic acids is 1. The van der Waals surface area contributed by atoms with Crippen molar-refractivity contribution in [3.05, 3.63) is 21.9 Å². The Balaban J connectivity index is 1.71. The van der Waals surface area contributed by atoms with Gasteiger partial charge in [0.05, 0.1) is 16.4 Å². The second-order valence-electron chi connectivity index (χ2n) is 5.84. The number of hydrogen-bond donors (Lipinski definition) is 1. The summed E-state index contributed by atoms with van der Waals surface area (Å²) in [5.74, 6) is 6.83. The molecule has 1 N–H and O–H groups in total. The molecular formula is C17H21NO2S. The first-order valence-corrected chi connectivity index (χ1v) is 8.62. The van der Waals surface area contributed by atoms with Gasteiger partial charge in [-0.05, 0) is 43.7 Å². The molecule has 1 aliphatic heterocycles. The smallest absolute Gasteiger partial charge is 0.264 e. The van der Waals surface area contributed by atoms with Gasteiger partial charge >= 0.3 is 0 Å². The fourth-order valence-corrected chi connectivity index (χ4v) is 4.41. The van der Waals surface area contributed by atoms with Crippen LogP contribution < -0.4 is 0 Å². The third-order valence-corrected chi connectivity index (χ3v) is 5.51. The first kappa shape index (κ1) is 14.6. The molecule has 2 aliphatic rings. The molecule has 0 radical (unpaired) electrons. The highest BCUT2D eigenvalue weighted by atomic mass is 32.1. The summed E-state index contributed by atoms with van der Waals surface area (Å²) in [5.41, 5.74) is 0. The Hall–Kier alpha value is -1.31. The fourth-order valence-electron chi connectivity index (χ4n) is 3.57. The number of aliphatic hydroxyl groups excluding tert-OH is 1. The normalized spacial score (nSPS) is 24.3. The predicted molar refractivity (Wildman–Crippen MR) is 84.3 cm³/mol. The molecule has 0 bridgehead atoms. The van der Waals surface area contributed by atoms with Crippen LogP contribution in [-0.4, -0.2) is 35.1 Å². The molecule has 112 valence electrons. The number of thiophene rings is 1. The Morgan fingerprint density at radius 1 is 1.33 bits per heavy atom. The van der Waals surface area contributed by atoms with Crippen LogP contribution >= 0.6 is 11.3 Å². The summed E-state index contributed by atoms with van der Waals surface area (Å²) < 4.78 is 0. The van der Waals surface area contributed by atoms with Crippen molar-refractivity contribution >= 4 is 17.2 Å². The predicted octanol–water partition coefficient (Wildman–Crippen LogP) is 2.89. The molecular weight excluding hydrogens is 282 g/mol. The van der Waals surface area contributed by atoms with Gasteiger partial charge < -0.3 is 10.0 Å². The lowest BCUT2D eigenvalue weighted by Gasteiger charge is -2.37. The minimum absolute atomic E-state index is 0.0843. The van der Waals surface area contributed by atoms with Gasteiger partial charge in [0.25, 0.3) is 5.91 Å². The van der Waals surface area contributed by atoms with Crippen molar-refractivity contribution in [2.75, 3.05) is 13.2 Å². The lowest BCUT2D eigenvalue weighted by molar-refractivity contribution is 0.0553. The molecule has 0 aromatic carbocycles. The molecule has 1 saturated heterocycles. The number of rotatable bonds is 2. The van der Waals surface area contributed by atoms with E-state index in [4.69, 9.17) is 5.11 Å². The first-order chi connectivity index (χ1) is 10.3. The van der Waals surface area contributed by atoms with Gasteiger partial charge in [-0.2, -0.15) is 0 Å². The number of likely N-dealkylation sites (tertiary alicyclic amines) is 1. The molecule has 1 aliphatic carbocycles. The minimum Gasteiger partial charge on any atom is -0.395 e. The monoisotopic (exact) mass is 303 g/mol. The van der Waals surface area contributed by atoms with Crippen LogP contribution in [0.1, 0.15) is 53.1 Å². The molecule has 3 rings (SSSR count). The topological polar surface area (TPSA) is 40.5 Å². The van der Waals surface area contributed by atoms with Crippen molar-refractivity contribution < 1.29 is 9.90 Å². The number of amides is 1. The summed E-state index contributed by atoms with van der Waals surface area (Å²) in [7, 11) is 0. The fraction of sp³-hybridized carbons (Fsp3) is 0.588. The number of carbonyl (C=O) groups is 1. The SMILES string of the molecule is O=C(c1ccc(C#CCCO)s1)N1CCCC2CCCC21. The summed E-state index contributed by atoms with van der Waals surface area (Å²) in [4.78, 5) is 16.6. The van der Waals surface area contributed by atoms with E-state index in [1.807, 2.05) is 12.1 Å². The average molecular weight is 303 g/mol. The first-order valence-electron chi connectivity index (χ1n) is 7.80. The number of piperidine rings is 1. The van der Waals surface area contributed by atoms with E-state index in [2.05, 4.69) is 16.7 Å². The molecule has 1 aromatic heterocycles. The second kappa shape index (κ2) is 6.64. The maximum atomic E-state index is 12.7. The Labute approximate surface area is 130 Å². The standard InChI is InChI=1S/C17H21NO2S/c19-12-2-1-7-14-9-10-16(21-14)17(20)18-11-4-6-13-5-3-8-15(13)18/h9-10,13,15,19H,2-6,8,11-12H2. The maximum Gasteiger partial charge on any atom is 0.264 e. The van der Waals surface area contributed by atoms with E-state index < -0.39 is 0 Å². The number of fused-ring (bicyclic) bond motifs is 1. The summed E-state index contributed by atoms with van der Waals surface area (Å²) in [6, 6.07) is 4.28. The van der Waals surface area contributed by atoms with Crippen LogP contribution in [0.2, 0.25) is 0 Å². The Bertz CT molecular complexity index is 569. The van der Waals surface area contributed by atoms with E-state index >= 15 is 0 Å². The average Bonchev–Trinajstić information content (AvgIpc) is 3.15. The molecule has 4 heteroatoms. The van der Waals surface area contributed by atoms with Crippen molar-refractivity contribution in [2.45, 2.75) is 44.6 Å². The highest BCUT2D eigenvalue weighted by Gasteiger charge is 2.37. The van der Waals surface area contributed by atoms with Gasteiger partial charge in [0.2, 0.25) is 0 Å². The molecule has 2 fully saturated rings. The molecule has 0 spiro atoms. The van der Waals surface area contributed by atoms with Gasteiger partial charge in [-0.15, -0.1) is 11.3 Å². The van der Waals surface area contributed by atoms with E-state index in [0.29, 0.717) is 12.5 Å². The Kier molecular flexibility index (Phi) is 4.62. The maximum absolute atomic E-state index is 12.7. The van der Waals surface area contributed by atoms with Crippen LogP contribution in [0.5, 0.6) is 0 Å². The zero-order valence-corrected chi connectivity index (χ0v) is 13.0. The Morgan fingerprint density at radius 3 is 3.05 bits per heavy atom. The highest BCUT2D eigenvalue weighted by molar-refractivity contribution is 7.14. The molecule has 2 unspecified atom stereocenters. The quantitative estimate of drug-likeness (QED) is 0.854. The molecule has 2 atom stereocenters. The summed E-state index contributed by atoms with van der Waals surface area (Å²) in [5, 5.41) is 8.74. The van der Waals surface area contributed by atoms with Gasteiger partial charge in [-0.1, -0.05) is 18.3 Å². The number of nitrogens with zero attached hydrogens (tertiary/aromatic N) is 1.